The van der Waals surface area contributed by atoms with Crippen LogP contribution in [-0.4, -0.2) is 38.1 Å². The number of methoxy groups -OCH3 is 1. The molecule has 1 aliphatic heterocycles. The predicted molar refractivity (Wildman–Crippen MR) is 116 cm³/mol. The van der Waals surface area contributed by atoms with Gasteiger partial charge >= 0.3 is 5.97 Å². The lowest BCUT2D eigenvalue weighted by Crippen LogP contribution is -2.24. The van der Waals surface area contributed by atoms with E-state index in [2.05, 4.69) is 23.5 Å². The Labute approximate surface area is 177 Å². The maximum absolute atomic E-state index is 12.9. The Kier molecular flexibility index (Phi) is 6.45. The van der Waals surface area contributed by atoms with Crippen molar-refractivity contribution in [1.29, 1.82) is 0 Å². The number of hydrogen-bond acceptors (Lipinski definition) is 6. The van der Waals surface area contributed by atoms with E-state index in [1.807, 2.05) is 31.2 Å². The van der Waals surface area contributed by atoms with Gasteiger partial charge in [0.05, 0.1) is 12.7 Å². The van der Waals surface area contributed by atoms with E-state index in [4.69, 9.17) is 9.47 Å². The molecule has 0 N–H and O–H groups in total. The standard InChI is InChI=1S/C24H27NO5/c1-6-25(7-2)18-10-8-17(9-11-18)13-21-23(26)22-15(3)12-19(14-20(22)30-21)29-16(4)24(27)28-5/h8-14,16H,6-7H2,1-5H3/b21-13-. The second-order valence-electron chi connectivity index (χ2n) is 7.10. The van der Waals surface area contributed by atoms with Gasteiger partial charge < -0.3 is 19.1 Å². The number of rotatable bonds is 7. The van der Waals surface area contributed by atoms with Crippen LogP contribution < -0.4 is 14.4 Å². The maximum Gasteiger partial charge on any atom is 0.346 e. The highest BCUT2D eigenvalue weighted by atomic mass is 16.6. The molecule has 0 spiro atoms. The number of carbonyl (C=O) groups excluding carboxylic acids is 2. The molecule has 0 aliphatic carbocycles. The summed E-state index contributed by atoms with van der Waals surface area (Å²) in [5, 5.41) is 0. The number of aryl methyl sites for hydroxylation is 1. The molecule has 1 heterocycles. The Morgan fingerprint density at radius 1 is 1.17 bits per heavy atom. The van der Waals surface area contributed by atoms with Gasteiger partial charge in [-0.05, 0) is 63.1 Å². The SMILES string of the molecule is CCN(CC)c1ccc(/C=C2\Oc3cc(OC(C)C(=O)OC)cc(C)c3C2=O)cc1. The van der Waals surface area contributed by atoms with Crippen LogP contribution in [0.1, 0.15) is 42.3 Å². The van der Waals surface area contributed by atoms with Gasteiger partial charge in [-0.2, -0.15) is 0 Å². The summed E-state index contributed by atoms with van der Waals surface area (Å²) >= 11 is 0. The molecule has 6 nitrogen and oxygen atoms in total. The van der Waals surface area contributed by atoms with Gasteiger partial charge in [-0.15, -0.1) is 0 Å². The first-order chi connectivity index (χ1) is 14.4. The number of carbonyl (C=O) groups is 2. The smallest absolute Gasteiger partial charge is 0.346 e. The van der Waals surface area contributed by atoms with Crippen molar-refractivity contribution < 1.29 is 23.8 Å². The molecule has 0 bridgehead atoms. The number of fused-ring (bicyclic) bond motifs is 1. The summed E-state index contributed by atoms with van der Waals surface area (Å²) in [4.78, 5) is 26.7. The van der Waals surface area contributed by atoms with Gasteiger partial charge in [0, 0.05) is 24.8 Å². The third kappa shape index (κ3) is 4.32. The number of allylic oxidation sites excluding steroid dienone is 1. The minimum Gasteiger partial charge on any atom is -0.479 e. The van der Waals surface area contributed by atoms with Crippen LogP contribution in [0, 0.1) is 6.92 Å². The lowest BCUT2D eigenvalue weighted by atomic mass is 10.0. The molecule has 0 saturated heterocycles. The molecule has 2 aromatic carbocycles. The van der Waals surface area contributed by atoms with Crippen molar-refractivity contribution in [2.45, 2.75) is 33.8 Å². The Bertz CT molecular complexity index is 974. The first kappa shape index (κ1) is 21.4. The van der Waals surface area contributed by atoms with E-state index < -0.39 is 12.1 Å². The van der Waals surface area contributed by atoms with Crippen molar-refractivity contribution in [2.75, 3.05) is 25.1 Å². The quantitative estimate of drug-likeness (QED) is 0.499. The summed E-state index contributed by atoms with van der Waals surface area (Å²) in [7, 11) is 1.31. The average Bonchev–Trinajstić information content (AvgIpc) is 3.04. The summed E-state index contributed by atoms with van der Waals surface area (Å²) in [6, 6.07) is 11.4. The molecule has 2 aromatic rings. The first-order valence-electron chi connectivity index (χ1n) is 10.1. The van der Waals surface area contributed by atoms with E-state index in [9.17, 15) is 9.59 Å². The van der Waals surface area contributed by atoms with Crippen LogP contribution in [0.15, 0.2) is 42.2 Å². The van der Waals surface area contributed by atoms with E-state index >= 15 is 0 Å². The Morgan fingerprint density at radius 2 is 1.83 bits per heavy atom. The highest BCUT2D eigenvalue weighted by Gasteiger charge is 2.30. The van der Waals surface area contributed by atoms with Crippen LogP contribution in [0.2, 0.25) is 0 Å². The highest BCUT2D eigenvalue weighted by molar-refractivity contribution is 6.15. The molecule has 0 radical (unpaired) electrons. The third-order valence-corrected chi connectivity index (χ3v) is 5.11. The number of Topliss-reactive ketones (excluding diaryl/α,β-unsaturated/α-hetero) is 1. The molecule has 0 amide bonds. The maximum atomic E-state index is 12.9. The second kappa shape index (κ2) is 9.03. The van der Waals surface area contributed by atoms with Gasteiger partial charge in [-0.25, -0.2) is 4.79 Å². The fourth-order valence-electron chi connectivity index (χ4n) is 3.49. The van der Waals surface area contributed by atoms with Gasteiger partial charge in [0.1, 0.15) is 11.5 Å². The largest absolute Gasteiger partial charge is 0.479 e. The minimum absolute atomic E-state index is 0.164. The summed E-state index contributed by atoms with van der Waals surface area (Å²) < 4.78 is 16.2. The van der Waals surface area contributed by atoms with Crippen molar-refractivity contribution in [2.24, 2.45) is 0 Å². The highest BCUT2D eigenvalue weighted by Crippen LogP contribution is 2.38. The minimum atomic E-state index is -0.760. The number of anilines is 1. The average molecular weight is 409 g/mol. The van der Waals surface area contributed by atoms with E-state index in [0.717, 1.165) is 29.9 Å². The molecular weight excluding hydrogens is 382 g/mol. The molecule has 1 unspecified atom stereocenters. The molecule has 30 heavy (non-hydrogen) atoms. The molecule has 0 fully saturated rings. The Morgan fingerprint density at radius 3 is 2.43 bits per heavy atom. The van der Waals surface area contributed by atoms with Crippen molar-refractivity contribution in [3.63, 3.8) is 0 Å². The van der Waals surface area contributed by atoms with Crippen LogP contribution in [0.5, 0.6) is 11.5 Å². The lowest BCUT2D eigenvalue weighted by molar-refractivity contribution is -0.147. The van der Waals surface area contributed by atoms with Gasteiger partial charge in [0.2, 0.25) is 5.78 Å². The van der Waals surface area contributed by atoms with Crippen molar-refractivity contribution in [1.82, 2.24) is 0 Å². The number of esters is 1. The fourth-order valence-corrected chi connectivity index (χ4v) is 3.49. The number of nitrogens with zero attached hydrogens (tertiary/aromatic N) is 1. The molecule has 0 aromatic heterocycles. The van der Waals surface area contributed by atoms with Crippen molar-refractivity contribution >= 4 is 23.5 Å². The van der Waals surface area contributed by atoms with Gasteiger partial charge in [0.25, 0.3) is 0 Å². The van der Waals surface area contributed by atoms with Crippen LogP contribution >= 0.6 is 0 Å². The van der Waals surface area contributed by atoms with Crippen molar-refractivity contribution in [3.8, 4) is 11.5 Å². The monoisotopic (exact) mass is 409 g/mol. The van der Waals surface area contributed by atoms with Gasteiger partial charge in [0.15, 0.2) is 11.9 Å². The second-order valence-corrected chi connectivity index (χ2v) is 7.10. The summed E-state index contributed by atoms with van der Waals surface area (Å²) in [6.45, 7) is 9.53. The number of ketones is 1. The van der Waals surface area contributed by atoms with Crippen LogP contribution in [0.4, 0.5) is 5.69 Å². The summed E-state index contributed by atoms with van der Waals surface area (Å²) in [6.07, 6.45) is 0.981. The number of benzene rings is 2. The third-order valence-electron chi connectivity index (χ3n) is 5.11. The predicted octanol–water partition coefficient (Wildman–Crippen LogP) is 4.40. The normalized spacial score (nSPS) is 14.8. The lowest BCUT2D eigenvalue weighted by Gasteiger charge is -2.20. The molecule has 158 valence electrons. The summed E-state index contributed by atoms with van der Waals surface area (Å²) in [5.41, 5.74) is 3.26. The van der Waals surface area contributed by atoms with E-state index in [0.29, 0.717) is 17.1 Å². The van der Waals surface area contributed by atoms with E-state index in [1.165, 1.54) is 7.11 Å². The topological polar surface area (TPSA) is 65.1 Å². The molecule has 6 heteroatoms. The molecule has 0 saturated carbocycles. The van der Waals surface area contributed by atoms with Crippen LogP contribution in [0.3, 0.4) is 0 Å². The molecule has 3 rings (SSSR count). The number of ether oxygens (including phenoxy) is 3. The molecular formula is C24H27NO5. The van der Waals surface area contributed by atoms with Crippen LogP contribution in [-0.2, 0) is 9.53 Å². The zero-order valence-corrected chi connectivity index (χ0v) is 18.0. The summed E-state index contributed by atoms with van der Waals surface area (Å²) in [5.74, 6) is 0.503. The van der Waals surface area contributed by atoms with Gasteiger partial charge in [-0.3, -0.25) is 4.79 Å². The number of hydrogen-bond donors (Lipinski definition) is 0. The Hall–Kier alpha value is -3.28. The zero-order valence-electron chi connectivity index (χ0n) is 18.0. The molecule has 1 atom stereocenters. The van der Waals surface area contributed by atoms with E-state index in [-0.39, 0.29) is 11.5 Å². The Balaban J connectivity index is 1.83. The van der Waals surface area contributed by atoms with Crippen LogP contribution in [0.25, 0.3) is 6.08 Å². The van der Waals surface area contributed by atoms with Gasteiger partial charge in [-0.1, -0.05) is 12.1 Å². The molecule has 1 aliphatic rings. The zero-order chi connectivity index (χ0) is 21.8. The first-order valence-corrected chi connectivity index (χ1v) is 10.1. The fraction of sp³-hybridized carbons (Fsp3) is 0.333. The van der Waals surface area contributed by atoms with E-state index in [1.54, 1.807) is 25.1 Å². The van der Waals surface area contributed by atoms with Crippen molar-refractivity contribution in [3.05, 3.63) is 58.8 Å².